The number of H-pyrrole nitrogens is 1. The van der Waals surface area contributed by atoms with E-state index in [4.69, 9.17) is 0 Å². The van der Waals surface area contributed by atoms with E-state index < -0.39 is 36.3 Å². The van der Waals surface area contributed by atoms with Crippen molar-refractivity contribution >= 4 is 22.8 Å². The van der Waals surface area contributed by atoms with Crippen LogP contribution in [0.15, 0.2) is 24.7 Å². The van der Waals surface area contributed by atoms with Gasteiger partial charge in [-0.25, -0.2) is 23.7 Å². The molecule has 158 valence electrons. The van der Waals surface area contributed by atoms with Crippen molar-refractivity contribution < 1.29 is 26.7 Å². The summed E-state index contributed by atoms with van der Waals surface area (Å²) < 4.78 is 65.3. The lowest BCUT2D eigenvalue weighted by Gasteiger charge is -2.25. The summed E-state index contributed by atoms with van der Waals surface area (Å²) in [7, 11) is 0. The molecule has 12 heteroatoms. The summed E-state index contributed by atoms with van der Waals surface area (Å²) in [6.07, 6.45) is -0.382. The normalized spacial score (nSPS) is 17.0. The zero-order chi connectivity index (χ0) is 21.5. The van der Waals surface area contributed by atoms with Crippen LogP contribution in [0.25, 0.3) is 22.4 Å². The molecule has 4 heterocycles. The van der Waals surface area contributed by atoms with Gasteiger partial charge in [-0.2, -0.15) is 13.2 Å². The third-order valence-electron chi connectivity index (χ3n) is 4.75. The molecule has 1 saturated heterocycles. The minimum atomic E-state index is -4.55. The highest BCUT2D eigenvalue weighted by Gasteiger charge is 2.36. The van der Waals surface area contributed by atoms with Crippen LogP contribution in [0, 0.1) is 11.6 Å². The number of alkyl halides is 3. The monoisotopic (exact) mass is 426 g/mol. The smallest absolute Gasteiger partial charge is 0.345 e. The van der Waals surface area contributed by atoms with Gasteiger partial charge in [0.1, 0.15) is 24.1 Å². The summed E-state index contributed by atoms with van der Waals surface area (Å²) in [5.74, 6) is -2.40. The molecule has 2 N–H and O–H groups in total. The van der Waals surface area contributed by atoms with Gasteiger partial charge in [0.25, 0.3) is 0 Å². The fourth-order valence-corrected chi connectivity index (χ4v) is 3.45. The highest BCUT2D eigenvalue weighted by atomic mass is 19.4. The number of aromatic amines is 1. The number of nitrogens with one attached hydrogen (secondary N) is 2. The molecule has 3 aromatic rings. The molecule has 1 atom stereocenters. The SMILES string of the molecule is O=C(NCC(F)(F)F)C1CCCN1c1nc(-c2c[nH]c3ncc(F)cc23)ncc1F. The van der Waals surface area contributed by atoms with Crippen molar-refractivity contribution in [2.75, 3.05) is 18.0 Å². The molecule has 30 heavy (non-hydrogen) atoms. The fraction of sp³-hybridized carbons (Fsp3) is 0.333. The van der Waals surface area contributed by atoms with E-state index in [0.717, 1.165) is 12.4 Å². The van der Waals surface area contributed by atoms with E-state index in [1.807, 2.05) is 5.32 Å². The van der Waals surface area contributed by atoms with Crippen LogP contribution in [0.1, 0.15) is 12.8 Å². The highest BCUT2D eigenvalue weighted by molar-refractivity contribution is 5.92. The highest BCUT2D eigenvalue weighted by Crippen LogP contribution is 2.31. The summed E-state index contributed by atoms with van der Waals surface area (Å²) in [4.78, 5) is 28.4. The number of halogens is 5. The Balaban J connectivity index is 1.66. The summed E-state index contributed by atoms with van der Waals surface area (Å²) >= 11 is 0. The largest absolute Gasteiger partial charge is 0.405 e. The molecule has 0 aromatic carbocycles. The molecule has 1 aliphatic rings. The molecule has 0 spiro atoms. The van der Waals surface area contributed by atoms with Crippen LogP contribution >= 0.6 is 0 Å². The van der Waals surface area contributed by atoms with Crippen LogP contribution in [-0.4, -0.2) is 51.2 Å². The molecule has 0 radical (unpaired) electrons. The van der Waals surface area contributed by atoms with Gasteiger partial charge in [0.2, 0.25) is 5.91 Å². The molecular formula is C18H15F5N6O. The van der Waals surface area contributed by atoms with Gasteiger partial charge in [0.05, 0.1) is 12.4 Å². The third-order valence-corrected chi connectivity index (χ3v) is 4.75. The van der Waals surface area contributed by atoms with E-state index in [0.29, 0.717) is 23.0 Å². The Kier molecular flexibility index (Phi) is 5.00. The van der Waals surface area contributed by atoms with E-state index in [9.17, 15) is 26.7 Å². The fourth-order valence-electron chi connectivity index (χ4n) is 3.45. The van der Waals surface area contributed by atoms with E-state index in [-0.39, 0.29) is 24.6 Å². The summed E-state index contributed by atoms with van der Waals surface area (Å²) in [5, 5.41) is 2.21. The number of carbonyl (C=O) groups is 1. The average Bonchev–Trinajstić information content (AvgIpc) is 3.33. The Labute approximate surface area is 166 Å². The number of anilines is 1. The number of rotatable bonds is 4. The first kappa shape index (κ1) is 20.0. The standard InChI is InChI=1S/C18H15F5N6O/c19-9-4-10-11(6-25-14(10)24-5-9)15-26-7-12(20)16(28-15)29-3-1-2-13(29)17(30)27-8-18(21,22)23/h4-7,13H,1-3,8H2,(H,24,25)(H,27,30). The first-order chi connectivity index (χ1) is 14.2. The first-order valence-corrected chi connectivity index (χ1v) is 8.99. The molecule has 0 bridgehead atoms. The number of nitrogens with zero attached hydrogens (tertiary/aromatic N) is 4. The molecule has 1 aliphatic heterocycles. The second kappa shape index (κ2) is 7.50. The van der Waals surface area contributed by atoms with Gasteiger partial charge in [-0.15, -0.1) is 0 Å². The lowest BCUT2D eigenvalue weighted by molar-refractivity contribution is -0.139. The Morgan fingerprint density at radius 2 is 2.07 bits per heavy atom. The summed E-state index contributed by atoms with van der Waals surface area (Å²) in [6, 6.07) is 0.232. The average molecular weight is 426 g/mol. The minimum Gasteiger partial charge on any atom is -0.345 e. The van der Waals surface area contributed by atoms with Crippen LogP contribution in [0.3, 0.4) is 0 Å². The van der Waals surface area contributed by atoms with Gasteiger partial charge >= 0.3 is 6.18 Å². The van der Waals surface area contributed by atoms with Gasteiger partial charge in [0.15, 0.2) is 17.5 Å². The van der Waals surface area contributed by atoms with Crippen molar-refractivity contribution in [3.63, 3.8) is 0 Å². The zero-order valence-corrected chi connectivity index (χ0v) is 15.3. The Hall–Kier alpha value is -3.31. The van der Waals surface area contributed by atoms with Crippen LogP contribution in [0.2, 0.25) is 0 Å². The number of carbonyl (C=O) groups excluding carboxylic acids is 1. The number of fused-ring (bicyclic) bond motifs is 1. The molecule has 1 unspecified atom stereocenters. The van der Waals surface area contributed by atoms with E-state index >= 15 is 0 Å². The molecule has 1 fully saturated rings. The van der Waals surface area contributed by atoms with Gasteiger partial charge in [-0.3, -0.25) is 4.79 Å². The molecular weight excluding hydrogens is 411 g/mol. The van der Waals surface area contributed by atoms with E-state index in [1.54, 1.807) is 0 Å². The topological polar surface area (TPSA) is 86.8 Å². The maximum Gasteiger partial charge on any atom is 0.405 e. The lowest BCUT2D eigenvalue weighted by Crippen LogP contribution is -2.46. The second-order valence-electron chi connectivity index (χ2n) is 6.80. The molecule has 1 amide bonds. The van der Waals surface area contributed by atoms with Crippen molar-refractivity contribution in [2.45, 2.75) is 25.1 Å². The Morgan fingerprint density at radius 1 is 1.27 bits per heavy atom. The van der Waals surface area contributed by atoms with Crippen LogP contribution in [0.4, 0.5) is 27.8 Å². The second-order valence-corrected chi connectivity index (χ2v) is 6.80. The van der Waals surface area contributed by atoms with Gasteiger partial charge in [-0.1, -0.05) is 0 Å². The van der Waals surface area contributed by atoms with Gasteiger partial charge < -0.3 is 15.2 Å². The predicted octanol–water partition coefficient (Wildman–Crippen LogP) is 2.95. The lowest BCUT2D eigenvalue weighted by atomic mass is 10.2. The van der Waals surface area contributed by atoms with Gasteiger partial charge in [-0.05, 0) is 18.9 Å². The maximum absolute atomic E-state index is 14.5. The molecule has 0 saturated carbocycles. The molecule has 7 nitrogen and oxygen atoms in total. The summed E-state index contributed by atoms with van der Waals surface area (Å²) in [6.45, 7) is -1.23. The van der Waals surface area contributed by atoms with Gasteiger partial charge in [0, 0.05) is 23.7 Å². The quantitative estimate of drug-likeness (QED) is 0.627. The maximum atomic E-state index is 14.5. The van der Waals surface area contributed by atoms with Crippen molar-refractivity contribution in [2.24, 2.45) is 0 Å². The third kappa shape index (κ3) is 3.89. The first-order valence-electron chi connectivity index (χ1n) is 8.99. The molecule has 0 aliphatic carbocycles. The number of amides is 1. The van der Waals surface area contributed by atoms with Crippen molar-refractivity contribution in [1.82, 2.24) is 25.3 Å². The summed E-state index contributed by atoms with van der Waals surface area (Å²) in [5.41, 5.74) is 0.752. The van der Waals surface area contributed by atoms with Crippen LogP contribution < -0.4 is 10.2 Å². The predicted molar refractivity (Wildman–Crippen MR) is 96.5 cm³/mol. The number of hydrogen-bond donors (Lipinski definition) is 2. The van der Waals surface area contributed by atoms with Crippen LogP contribution in [0.5, 0.6) is 0 Å². The zero-order valence-electron chi connectivity index (χ0n) is 15.3. The van der Waals surface area contributed by atoms with Crippen molar-refractivity contribution in [1.29, 1.82) is 0 Å². The Bertz CT molecular complexity index is 1100. The molecule has 4 rings (SSSR count). The van der Waals surface area contributed by atoms with E-state index in [2.05, 4.69) is 19.9 Å². The van der Waals surface area contributed by atoms with E-state index in [1.165, 1.54) is 17.2 Å². The van der Waals surface area contributed by atoms with Crippen LogP contribution in [-0.2, 0) is 4.79 Å². The number of pyridine rings is 1. The molecule has 3 aromatic heterocycles. The van der Waals surface area contributed by atoms with Crippen molar-refractivity contribution in [3.05, 3.63) is 36.3 Å². The number of hydrogen-bond acceptors (Lipinski definition) is 5. The minimum absolute atomic E-state index is 0.0615. The Morgan fingerprint density at radius 3 is 2.83 bits per heavy atom. The number of aromatic nitrogens is 4. The van der Waals surface area contributed by atoms with Crippen molar-refractivity contribution in [3.8, 4) is 11.4 Å².